The van der Waals surface area contributed by atoms with Gasteiger partial charge in [0.05, 0.1) is 17.1 Å². The van der Waals surface area contributed by atoms with E-state index in [-0.39, 0.29) is 5.91 Å². The van der Waals surface area contributed by atoms with Crippen LogP contribution in [0.3, 0.4) is 0 Å². The van der Waals surface area contributed by atoms with Gasteiger partial charge >= 0.3 is 0 Å². The summed E-state index contributed by atoms with van der Waals surface area (Å²) in [6.45, 7) is 6.90. The Morgan fingerprint density at radius 3 is 2.36 bits per heavy atom. The summed E-state index contributed by atoms with van der Waals surface area (Å²) in [5, 5.41) is 7.92. The maximum atomic E-state index is 13.3. The average Bonchev–Trinajstić information content (AvgIpc) is 3.44. The van der Waals surface area contributed by atoms with E-state index in [1.165, 1.54) is 11.3 Å². The molecule has 1 amide bonds. The Hall–Kier alpha value is -3.13. The van der Waals surface area contributed by atoms with Gasteiger partial charge in [0.25, 0.3) is 0 Å². The molecule has 3 fully saturated rings. The topological polar surface area (TPSA) is 56.1 Å². The maximum absolute atomic E-state index is 13.3. The number of amides is 1. The second-order valence-electron chi connectivity index (χ2n) is 9.23. The van der Waals surface area contributed by atoms with E-state index < -0.39 is 12.1 Å². The summed E-state index contributed by atoms with van der Waals surface area (Å²) in [4.78, 5) is 18.9. The molecular formula is C25H29FN6O. The summed E-state index contributed by atoms with van der Waals surface area (Å²) in [7, 11) is 0. The molecule has 33 heavy (non-hydrogen) atoms. The SMILES string of the molecule is O=C(C1C[C@H]1F)N1CCN(c2ccnn3cc(-c4ccc(N5CCNCC5)cc4)cc23)CC1. The van der Waals surface area contributed by atoms with Gasteiger partial charge in [-0.15, -0.1) is 0 Å². The number of carbonyl (C=O) groups excluding carboxylic acids is 1. The number of hydrogen-bond donors (Lipinski definition) is 1. The van der Waals surface area contributed by atoms with Crippen molar-refractivity contribution in [1.29, 1.82) is 0 Å². The zero-order chi connectivity index (χ0) is 22.4. The summed E-state index contributed by atoms with van der Waals surface area (Å²) >= 11 is 0. The number of nitrogens with one attached hydrogen (secondary N) is 1. The molecule has 2 saturated heterocycles. The molecule has 2 atom stereocenters. The monoisotopic (exact) mass is 448 g/mol. The van der Waals surface area contributed by atoms with Crippen molar-refractivity contribution >= 4 is 22.8 Å². The van der Waals surface area contributed by atoms with Crippen LogP contribution in [0.2, 0.25) is 0 Å². The van der Waals surface area contributed by atoms with Crippen molar-refractivity contribution in [2.45, 2.75) is 12.6 Å². The molecule has 8 heteroatoms. The third kappa shape index (κ3) is 3.93. The number of rotatable bonds is 4. The molecule has 3 aliphatic rings. The Balaban J connectivity index is 1.19. The Labute approximate surface area is 192 Å². The van der Waals surface area contributed by atoms with Gasteiger partial charge in [0, 0.05) is 76.0 Å². The first-order valence-corrected chi connectivity index (χ1v) is 11.9. The number of fused-ring (bicyclic) bond motifs is 1. The predicted octanol–water partition coefficient (Wildman–Crippen LogP) is 2.42. The molecule has 172 valence electrons. The Morgan fingerprint density at radius 2 is 1.67 bits per heavy atom. The van der Waals surface area contributed by atoms with Crippen molar-refractivity contribution in [2.24, 2.45) is 5.92 Å². The van der Waals surface area contributed by atoms with Crippen LogP contribution in [0.25, 0.3) is 16.6 Å². The molecule has 0 bridgehead atoms. The minimum absolute atomic E-state index is 0.0174. The molecule has 0 spiro atoms. The quantitative estimate of drug-likeness (QED) is 0.665. The molecule has 0 radical (unpaired) electrons. The standard InChI is InChI=1S/C25H29FN6O/c26-22-16-21(22)25(33)31-13-11-30(12-14-31)23-5-6-28-32-17-19(15-24(23)32)18-1-3-20(4-2-18)29-9-7-27-8-10-29/h1-6,15,17,21-22,27H,7-14,16H2/t21?,22-/m1/s1. The van der Waals surface area contributed by atoms with Crippen LogP contribution in [0.4, 0.5) is 15.8 Å². The smallest absolute Gasteiger partial charge is 0.228 e. The van der Waals surface area contributed by atoms with Gasteiger partial charge < -0.3 is 20.0 Å². The lowest BCUT2D eigenvalue weighted by Gasteiger charge is -2.36. The molecule has 1 N–H and O–H groups in total. The maximum Gasteiger partial charge on any atom is 0.228 e. The zero-order valence-corrected chi connectivity index (χ0v) is 18.7. The van der Waals surface area contributed by atoms with Crippen LogP contribution in [0.15, 0.2) is 48.8 Å². The first-order chi connectivity index (χ1) is 16.2. The summed E-state index contributed by atoms with van der Waals surface area (Å²) in [5.41, 5.74) is 5.75. The molecule has 2 aliphatic heterocycles. The van der Waals surface area contributed by atoms with E-state index in [2.05, 4.69) is 56.7 Å². The number of aromatic nitrogens is 2. The largest absolute Gasteiger partial charge is 0.369 e. The molecule has 6 rings (SSSR count). The van der Waals surface area contributed by atoms with Gasteiger partial charge in [0.2, 0.25) is 5.91 Å². The van der Waals surface area contributed by atoms with E-state index in [9.17, 15) is 9.18 Å². The van der Waals surface area contributed by atoms with Gasteiger partial charge in [-0.3, -0.25) is 4.79 Å². The first-order valence-electron chi connectivity index (χ1n) is 11.9. The van der Waals surface area contributed by atoms with Gasteiger partial charge in [-0.25, -0.2) is 8.91 Å². The lowest BCUT2D eigenvalue weighted by Crippen LogP contribution is -2.49. The molecule has 3 aromatic rings. The number of nitrogens with zero attached hydrogens (tertiary/aromatic N) is 5. The second kappa shape index (κ2) is 8.33. The second-order valence-corrected chi connectivity index (χ2v) is 9.23. The van der Waals surface area contributed by atoms with E-state index in [4.69, 9.17) is 0 Å². The number of piperazine rings is 2. The van der Waals surface area contributed by atoms with Gasteiger partial charge in [-0.2, -0.15) is 5.10 Å². The van der Waals surface area contributed by atoms with E-state index in [1.807, 2.05) is 21.7 Å². The minimum Gasteiger partial charge on any atom is -0.369 e. The van der Waals surface area contributed by atoms with Crippen LogP contribution in [0.1, 0.15) is 6.42 Å². The highest BCUT2D eigenvalue weighted by Crippen LogP contribution is 2.36. The lowest BCUT2D eigenvalue weighted by atomic mass is 10.1. The fraction of sp³-hybridized carbons (Fsp3) is 0.440. The van der Waals surface area contributed by atoms with Gasteiger partial charge in [0.1, 0.15) is 6.17 Å². The number of benzene rings is 1. The number of anilines is 2. The van der Waals surface area contributed by atoms with Crippen molar-refractivity contribution in [1.82, 2.24) is 19.8 Å². The number of carbonyl (C=O) groups is 1. The van der Waals surface area contributed by atoms with Crippen LogP contribution in [-0.4, -0.2) is 79.0 Å². The average molecular weight is 449 g/mol. The van der Waals surface area contributed by atoms with E-state index in [0.29, 0.717) is 19.5 Å². The molecule has 1 aliphatic carbocycles. The fourth-order valence-corrected chi connectivity index (χ4v) is 5.03. The highest BCUT2D eigenvalue weighted by Gasteiger charge is 2.46. The normalized spacial score (nSPS) is 23.2. The summed E-state index contributed by atoms with van der Waals surface area (Å²) < 4.78 is 15.2. The summed E-state index contributed by atoms with van der Waals surface area (Å²) in [6.07, 6.45) is 3.37. The lowest BCUT2D eigenvalue weighted by molar-refractivity contribution is -0.133. The number of alkyl halides is 1. The predicted molar refractivity (Wildman–Crippen MR) is 128 cm³/mol. The summed E-state index contributed by atoms with van der Waals surface area (Å²) in [5.74, 6) is -0.411. The molecule has 1 unspecified atom stereocenters. The third-order valence-corrected chi connectivity index (χ3v) is 7.13. The van der Waals surface area contributed by atoms with Crippen molar-refractivity contribution in [3.8, 4) is 11.1 Å². The van der Waals surface area contributed by atoms with Crippen LogP contribution in [-0.2, 0) is 4.79 Å². The Bertz CT molecular complexity index is 1150. The van der Waals surface area contributed by atoms with E-state index in [1.54, 1.807) is 0 Å². The van der Waals surface area contributed by atoms with Crippen LogP contribution < -0.4 is 15.1 Å². The third-order valence-electron chi connectivity index (χ3n) is 7.13. The van der Waals surface area contributed by atoms with Gasteiger partial charge in [-0.1, -0.05) is 12.1 Å². The summed E-state index contributed by atoms with van der Waals surface area (Å²) in [6, 6.07) is 13.0. The number of halogens is 1. The molecular weight excluding hydrogens is 419 g/mol. The van der Waals surface area contributed by atoms with Crippen molar-refractivity contribution < 1.29 is 9.18 Å². The molecule has 1 saturated carbocycles. The van der Waals surface area contributed by atoms with Gasteiger partial charge in [-0.05, 0) is 36.2 Å². The minimum atomic E-state index is -0.930. The van der Waals surface area contributed by atoms with Crippen molar-refractivity contribution in [3.63, 3.8) is 0 Å². The zero-order valence-electron chi connectivity index (χ0n) is 18.7. The molecule has 7 nitrogen and oxygen atoms in total. The number of hydrogen-bond acceptors (Lipinski definition) is 5. The molecule has 1 aromatic carbocycles. The highest BCUT2D eigenvalue weighted by molar-refractivity contribution is 5.83. The van der Waals surface area contributed by atoms with Crippen molar-refractivity contribution in [2.75, 3.05) is 62.2 Å². The van der Waals surface area contributed by atoms with Gasteiger partial charge in [0.15, 0.2) is 0 Å². The fourth-order valence-electron chi connectivity index (χ4n) is 5.03. The van der Waals surface area contributed by atoms with Crippen LogP contribution in [0.5, 0.6) is 0 Å². The van der Waals surface area contributed by atoms with Crippen molar-refractivity contribution in [3.05, 3.63) is 48.8 Å². The van der Waals surface area contributed by atoms with Crippen LogP contribution >= 0.6 is 0 Å². The Kier molecular flexibility index (Phi) is 5.17. The highest BCUT2D eigenvalue weighted by atomic mass is 19.1. The first kappa shape index (κ1) is 20.5. The molecule has 2 aromatic heterocycles. The van der Waals surface area contributed by atoms with E-state index >= 15 is 0 Å². The van der Waals surface area contributed by atoms with Crippen LogP contribution in [0, 0.1) is 5.92 Å². The molecule has 4 heterocycles. The van der Waals surface area contributed by atoms with E-state index in [0.717, 1.165) is 56.0 Å². The Morgan fingerprint density at radius 1 is 0.939 bits per heavy atom.